The Hall–Kier alpha value is -4.41. The number of aromatic nitrogens is 3. The Labute approximate surface area is 240 Å². The molecule has 3 heterocycles. The Morgan fingerprint density at radius 2 is 1.56 bits per heavy atom. The third-order valence-corrected chi connectivity index (χ3v) is 6.58. The van der Waals surface area contributed by atoms with Gasteiger partial charge in [0.15, 0.2) is 0 Å². The van der Waals surface area contributed by atoms with Crippen molar-refractivity contribution in [2.75, 3.05) is 50.1 Å². The minimum Gasteiger partial charge on any atom is -0.492 e. The van der Waals surface area contributed by atoms with E-state index >= 15 is 0 Å². The average molecular weight is 557 g/mol. The fourth-order valence-electron chi connectivity index (χ4n) is 4.26. The SMILES string of the molecule is CC(C)(C)c1cc(NC(=O)Nc2ccc(Oc3ccncc3)cc2)n(-c2ccc(OCCN3CCOCC3)cc2)n1. The number of carbonyl (C=O) groups is 1. The lowest BCUT2D eigenvalue weighted by Crippen LogP contribution is -2.38. The van der Waals surface area contributed by atoms with Gasteiger partial charge in [0.05, 0.1) is 24.6 Å². The van der Waals surface area contributed by atoms with Crippen molar-refractivity contribution in [2.45, 2.75) is 26.2 Å². The predicted molar refractivity (Wildman–Crippen MR) is 158 cm³/mol. The van der Waals surface area contributed by atoms with Crippen molar-refractivity contribution < 1.29 is 19.0 Å². The summed E-state index contributed by atoms with van der Waals surface area (Å²) in [6, 6.07) is 20.0. The van der Waals surface area contributed by atoms with E-state index in [2.05, 4.69) is 41.3 Å². The van der Waals surface area contributed by atoms with E-state index in [-0.39, 0.29) is 11.4 Å². The van der Waals surface area contributed by atoms with Gasteiger partial charge in [0.2, 0.25) is 0 Å². The van der Waals surface area contributed by atoms with Gasteiger partial charge in [0, 0.05) is 49.2 Å². The second kappa shape index (κ2) is 12.8. The lowest BCUT2D eigenvalue weighted by molar-refractivity contribution is 0.0322. The van der Waals surface area contributed by atoms with Crippen molar-refractivity contribution in [3.8, 4) is 22.9 Å². The van der Waals surface area contributed by atoms with Crippen LogP contribution in [0.4, 0.5) is 16.3 Å². The number of hydrogen-bond donors (Lipinski definition) is 2. The molecule has 214 valence electrons. The first kappa shape index (κ1) is 28.1. The van der Waals surface area contributed by atoms with Crippen LogP contribution in [0.5, 0.6) is 17.2 Å². The molecular formula is C31H36N6O4. The van der Waals surface area contributed by atoms with Crippen LogP contribution in [-0.4, -0.2) is 65.2 Å². The molecule has 0 spiro atoms. The first-order valence-corrected chi connectivity index (χ1v) is 13.7. The van der Waals surface area contributed by atoms with Crippen molar-refractivity contribution in [2.24, 2.45) is 0 Å². The van der Waals surface area contributed by atoms with E-state index in [4.69, 9.17) is 19.3 Å². The van der Waals surface area contributed by atoms with Gasteiger partial charge in [-0.3, -0.25) is 15.2 Å². The minimum atomic E-state index is -0.377. The van der Waals surface area contributed by atoms with E-state index in [0.717, 1.165) is 50.0 Å². The molecular weight excluding hydrogens is 520 g/mol. The van der Waals surface area contributed by atoms with Crippen LogP contribution in [-0.2, 0) is 10.2 Å². The Morgan fingerprint density at radius 3 is 2.24 bits per heavy atom. The quantitative estimate of drug-likeness (QED) is 0.272. The molecule has 0 bridgehead atoms. The Kier molecular flexibility index (Phi) is 8.81. The van der Waals surface area contributed by atoms with Gasteiger partial charge < -0.3 is 19.5 Å². The van der Waals surface area contributed by atoms with E-state index in [0.29, 0.717) is 29.6 Å². The van der Waals surface area contributed by atoms with E-state index in [9.17, 15) is 4.79 Å². The zero-order chi connectivity index (χ0) is 28.7. The molecule has 0 aliphatic carbocycles. The molecule has 4 aromatic rings. The monoisotopic (exact) mass is 556 g/mol. The molecule has 0 saturated carbocycles. The largest absolute Gasteiger partial charge is 0.492 e. The number of morpholine rings is 1. The maximum absolute atomic E-state index is 13.0. The van der Waals surface area contributed by atoms with Crippen LogP contribution in [0.3, 0.4) is 0 Å². The molecule has 41 heavy (non-hydrogen) atoms. The fraction of sp³-hybridized carbons (Fsp3) is 0.323. The number of ether oxygens (including phenoxy) is 3. The summed E-state index contributed by atoms with van der Waals surface area (Å²) in [5.41, 5.74) is 2.10. The van der Waals surface area contributed by atoms with E-state index in [1.54, 1.807) is 53.5 Å². The fourth-order valence-corrected chi connectivity index (χ4v) is 4.26. The topological polar surface area (TPSA) is 103 Å². The van der Waals surface area contributed by atoms with Crippen LogP contribution in [0.15, 0.2) is 79.1 Å². The molecule has 2 aromatic carbocycles. The van der Waals surface area contributed by atoms with E-state index in [1.807, 2.05) is 30.3 Å². The third kappa shape index (κ3) is 7.84. The number of benzene rings is 2. The van der Waals surface area contributed by atoms with Crippen molar-refractivity contribution in [1.82, 2.24) is 19.7 Å². The number of nitrogens with one attached hydrogen (secondary N) is 2. The molecule has 10 nitrogen and oxygen atoms in total. The second-order valence-corrected chi connectivity index (χ2v) is 10.8. The normalized spacial score (nSPS) is 13.9. The molecule has 1 fully saturated rings. The molecule has 5 rings (SSSR count). The highest BCUT2D eigenvalue weighted by molar-refractivity contribution is 5.99. The van der Waals surface area contributed by atoms with Gasteiger partial charge in [-0.1, -0.05) is 20.8 Å². The van der Waals surface area contributed by atoms with Crippen LogP contribution in [0.2, 0.25) is 0 Å². The minimum absolute atomic E-state index is 0.203. The maximum atomic E-state index is 13.0. The molecule has 0 atom stereocenters. The summed E-state index contributed by atoms with van der Waals surface area (Å²) in [5.74, 6) is 2.69. The van der Waals surface area contributed by atoms with Crippen LogP contribution >= 0.6 is 0 Å². The molecule has 1 aliphatic heterocycles. The number of hydrogen-bond acceptors (Lipinski definition) is 7. The average Bonchev–Trinajstić information content (AvgIpc) is 3.40. The predicted octanol–water partition coefficient (Wildman–Crippen LogP) is 5.71. The highest BCUT2D eigenvalue weighted by Gasteiger charge is 2.22. The van der Waals surface area contributed by atoms with Crippen molar-refractivity contribution in [3.05, 3.63) is 84.8 Å². The number of pyridine rings is 1. The van der Waals surface area contributed by atoms with Crippen LogP contribution in [0.25, 0.3) is 5.69 Å². The van der Waals surface area contributed by atoms with Gasteiger partial charge in [-0.2, -0.15) is 5.10 Å². The number of carbonyl (C=O) groups excluding carboxylic acids is 1. The third-order valence-electron chi connectivity index (χ3n) is 6.58. The Bertz CT molecular complexity index is 1410. The smallest absolute Gasteiger partial charge is 0.324 e. The zero-order valence-electron chi connectivity index (χ0n) is 23.7. The number of anilines is 2. The summed E-state index contributed by atoms with van der Waals surface area (Å²) in [6.45, 7) is 11.2. The molecule has 2 aromatic heterocycles. The number of urea groups is 1. The van der Waals surface area contributed by atoms with Crippen molar-refractivity contribution >= 4 is 17.5 Å². The van der Waals surface area contributed by atoms with Crippen molar-refractivity contribution in [3.63, 3.8) is 0 Å². The van der Waals surface area contributed by atoms with Gasteiger partial charge in [-0.15, -0.1) is 0 Å². The number of nitrogens with zero attached hydrogens (tertiary/aromatic N) is 4. The first-order valence-electron chi connectivity index (χ1n) is 13.7. The second-order valence-electron chi connectivity index (χ2n) is 10.8. The molecule has 2 amide bonds. The summed E-state index contributed by atoms with van der Waals surface area (Å²) in [5, 5.41) is 10.6. The molecule has 10 heteroatoms. The summed E-state index contributed by atoms with van der Waals surface area (Å²) < 4.78 is 18.9. The van der Waals surface area contributed by atoms with Crippen LogP contribution < -0.4 is 20.1 Å². The Morgan fingerprint density at radius 1 is 0.902 bits per heavy atom. The molecule has 2 N–H and O–H groups in total. The van der Waals surface area contributed by atoms with Crippen molar-refractivity contribution in [1.29, 1.82) is 0 Å². The van der Waals surface area contributed by atoms with Gasteiger partial charge in [0.25, 0.3) is 0 Å². The summed E-state index contributed by atoms with van der Waals surface area (Å²) in [4.78, 5) is 19.3. The van der Waals surface area contributed by atoms with Gasteiger partial charge in [-0.05, 0) is 60.7 Å². The molecule has 0 unspecified atom stereocenters. The molecule has 0 radical (unpaired) electrons. The maximum Gasteiger partial charge on any atom is 0.324 e. The van der Waals surface area contributed by atoms with E-state index in [1.165, 1.54) is 0 Å². The van der Waals surface area contributed by atoms with Gasteiger partial charge >= 0.3 is 6.03 Å². The number of amides is 2. The van der Waals surface area contributed by atoms with Crippen LogP contribution in [0, 0.1) is 0 Å². The lowest BCUT2D eigenvalue weighted by Gasteiger charge is -2.26. The highest BCUT2D eigenvalue weighted by atomic mass is 16.5. The highest BCUT2D eigenvalue weighted by Crippen LogP contribution is 2.28. The Balaban J connectivity index is 1.23. The summed E-state index contributed by atoms with van der Waals surface area (Å²) >= 11 is 0. The van der Waals surface area contributed by atoms with Crippen LogP contribution in [0.1, 0.15) is 26.5 Å². The van der Waals surface area contributed by atoms with Gasteiger partial charge in [-0.25, -0.2) is 9.48 Å². The number of rotatable bonds is 9. The standard InChI is InChI=1S/C31H36N6O4/c1-31(2,3)28-22-29(34-30(38)33-23-4-8-26(9-5-23)41-27-12-14-32-15-13-27)37(35-28)24-6-10-25(11-7-24)40-21-18-36-16-19-39-20-17-36/h4-15,22H,16-21H2,1-3H3,(H2,33,34,38). The first-order chi connectivity index (χ1) is 19.8. The summed E-state index contributed by atoms with van der Waals surface area (Å²) in [6.07, 6.45) is 3.34. The summed E-state index contributed by atoms with van der Waals surface area (Å²) in [7, 11) is 0. The molecule has 1 saturated heterocycles. The molecule has 1 aliphatic rings. The zero-order valence-corrected chi connectivity index (χ0v) is 23.7. The van der Waals surface area contributed by atoms with Gasteiger partial charge in [0.1, 0.15) is 29.7 Å². The lowest BCUT2D eigenvalue weighted by atomic mass is 9.92. The van der Waals surface area contributed by atoms with E-state index < -0.39 is 0 Å².